The summed E-state index contributed by atoms with van der Waals surface area (Å²) in [4.78, 5) is 0.283. The van der Waals surface area contributed by atoms with Crippen molar-refractivity contribution < 1.29 is 13.2 Å². The van der Waals surface area contributed by atoms with Gasteiger partial charge < -0.3 is 4.74 Å². The average Bonchev–Trinajstić information content (AvgIpc) is 2.43. The van der Waals surface area contributed by atoms with Crippen molar-refractivity contribution in [3.63, 3.8) is 0 Å². The van der Waals surface area contributed by atoms with Crippen LogP contribution in [-0.2, 0) is 10.0 Å². The number of methoxy groups -OCH3 is 1. The molecular weight excluding hydrogens is 286 g/mol. The number of hydrogen-bond donors (Lipinski definition) is 1. The van der Waals surface area contributed by atoms with Gasteiger partial charge in [-0.3, -0.25) is 4.72 Å². The summed E-state index contributed by atoms with van der Waals surface area (Å²) in [5.74, 6) is 0.504. The van der Waals surface area contributed by atoms with Crippen LogP contribution in [0.25, 0.3) is 0 Å². The van der Waals surface area contributed by atoms with Crippen LogP contribution in [0.5, 0.6) is 5.75 Å². The molecule has 21 heavy (non-hydrogen) atoms. The smallest absolute Gasteiger partial charge is 0.262 e. The average molecular weight is 305 g/mol. The summed E-state index contributed by atoms with van der Waals surface area (Å²) in [5.41, 5.74) is 3.04. The maximum atomic E-state index is 12.6. The van der Waals surface area contributed by atoms with Crippen LogP contribution in [0.15, 0.2) is 41.3 Å². The molecule has 0 unspecified atom stereocenters. The van der Waals surface area contributed by atoms with Crippen molar-refractivity contribution in [2.75, 3.05) is 11.8 Å². The highest BCUT2D eigenvalue weighted by atomic mass is 32.2. The zero-order valence-electron chi connectivity index (χ0n) is 12.6. The minimum Gasteiger partial charge on any atom is -0.495 e. The fourth-order valence-electron chi connectivity index (χ4n) is 2.08. The fraction of sp³-hybridized carbons (Fsp3) is 0.250. The van der Waals surface area contributed by atoms with Gasteiger partial charge in [-0.2, -0.15) is 0 Å². The van der Waals surface area contributed by atoms with Crippen LogP contribution in [0.3, 0.4) is 0 Å². The van der Waals surface area contributed by atoms with Gasteiger partial charge in [-0.25, -0.2) is 8.42 Å². The van der Waals surface area contributed by atoms with Crippen LogP contribution in [-0.4, -0.2) is 15.5 Å². The van der Waals surface area contributed by atoms with Crippen LogP contribution < -0.4 is 9.46 Å². The summed E-state index contributed by atoms with van der Waals surface area (Å²) in [6, 6.07) is 10.7. The van der Waals surface area contributed by atoms with Crippen molar-refractivity contribution in [2.45, 2.75) is 25.7 Å². The first-order valence-electron chi connectivity index (χ1n) is 6.58. The number of nitrogens with one attached hydrogen (secondary N) is 1. The van der Waals surface area contributed by atoms with Crippen LogP contribution in [0, 0.1) is 20.8 Å². The Hall–Kier alpha value is -2.01. The second-order valence-electron chi connectivity index (χ2n) is 5.08. The molecule has 0 radical (unpaired) electrons. The number of rotatable bonds is 4. The fourth-order valence-corrected chi connectivity index (χ4v) is 3.48. The number of aryl methyl sites for hydroxylation is 3. The maximum Gasteiger partial charge on any atom is 0.262 e. The van der Waals surface area contributed by atoms with E-state index in [1.807, 2.05) is 26.0 Å². The third-order valence-corrected chi connectivity index (χ3v) is 4.74. The standard InChI is InChI=1S/C16H19NO3S/c1-11-6-8-14(15(9-11)20-4)17-21(18,19)16-10-12(2)5-7-13(16)3/h5-10,17H,1-4H3. The van der Waals surface area contributed by atoms with Gasteiger partial charge in [0.25, 0.3) is 10.0 Å². The number of sulfonamides is 1. The number of hydrogen-bond acceptors (Lipinski definition) is 3. The zero-order chi connectivity index (χ0) is 15.6. The van der Waals surface area contributed by atoms with Crippen molar-refractivity contribution in [1.29, 1.82) is 0 Å². The molecule has 0 bridgehead atoms. The van der Waals surface area contributed by atoms with Gasteiger partial charge in [0.2, 0.25) is 0 Å². The second kappa shape index (κ2) is 5.77. The molecule has 112 valence electrons. The molecule has 4 nitrogen and oxygen atoms in total. The van der Waals surface area contributed by atoms with E-state index < -0.39 is 10.0 Å². The zero-order valence-corrected chi connectivity index (χ0v) is 13.4. The van der Waals surface area contributed by atoms with Gasteiger partial charge in [0.05, 0.1) is 17.7 Å². The van der Waals surface area contributed by atoms with E-state index in [4.69, 9.17) is 4.74 Å². The van der Waals surface area contributed by atoms with Gasteiger partial charge in [0.1, 0.15) is 5.75 Å². The molecule has 2 aromatic carbocycles. The lowest BCUT2D eigenvalue weighted by Crippen LogP contribution is -2.15. The highest BCUT2D eigenvalue weighted by molar-refractivity contribution is 7.92. The van der Waals surface area contributed by atoms with E-state index in [0.29, 0.717) is 17.0 Å². The maximum absolute atomic E-state index is 12.6. The monoisotopic (exact) mass is 305 g/mol. The second-order valence-corrected chi connectivity index (χ2v) is 6.73. The molecule has 2 aromatic rings. The van der Waals surface area contributed by atoms with Crippen LogP contribution in [0.4, 0.5) is 5.69 Å². The molecule has 0 spiro atoms. The predicted octanol–water partition coefficient (Wildman–Crippen LogP) is 3.42. The normalized spacial score (nSPS) is 11.2. The molecule has 0 saturated heterocycles. The summed E-state index contributed by atoms with van der Waals surface area (Å²) in [7, 11) is -2.12. The van der Waals surface area contributed by atoms with E-state index >= 15 is 0 Å². The topological polar surface area (TPSA) is 55.4 Å². The number of anilines is 1. The Balaban J connectivity index is 2.45. The molecule has 0 heterocycles. The molecule has 2 rings (SSSR count). The number of benzene rings is 2. The molecule has 0 atom stereocenters. The Morgan fingerprint density at radius 1 is 0.952 bits per heavy atom. The van der Waals surface area contributed by atoms with E-state index in [1.54, 1.807) is 31.2 Å². The Kier molecular flexibility index (Phi) is 4.23. The molecule has 0 saturated carbocycles. The molecule has 0 amide bonds. The van der Waals surface area contributed by atoms with Crippen molar-refractivity contribution in [3.8, 4) is 5.75 Å². The van der Waals surface area contributed by atoms with Crippen molar-refractivity contribution in [1.82, 2.24) is 0 Å². The molecule has 0 fully saturated rings. The van der Waals surface area contributed by atoms with Gasteiger partial charge >= 0.3 is 0 Å². The lowest BCUT2D eigenvalue weighted by molar-refractivity contribution is 0.416. The number of ether oxygens (including phenoxy) is 1. The van der Waals surface area contributed by atoms with E-state index in [9.17, 15) is 8.42 Å². The van der Waals surface area contributed by atoms with Crippen molar-refractivity contribution in [2.24, 2.45) is 0 Å². The van der Waals surface area contributed by atoms with Crippen LogP contribution >= 0.6 is 0 Å². The largest absolute Gasteiger partial charge is 0.495 e. The first-order valence-corrected chi connectivity index (χ1v) is 8.06. The van der Waals surface area contributed by atoms with Gasteiger partial charge in [-0.15, -0.1) is 0 Å². The van der Waals surface area contributed by atoms with Crippen molar-refractivity contribution in [3.05, 3.63) is 53.1 Å². The molecule has 0 aliphatic heterocycles. The quantitative estimate of drug-likeness (QED) is 0.941. The lowest BCUT2D eigenvalue weighted by Gasteiger charge is -2.14. The van der Waals surface area contributed by atoms with E-state index in [0.717, 1.165) is 11.1 Å². The summed E-state index contributed by atoms with van der Waals surface area (Å²) in [5, 5.41) is 0. The third kappa shape index (κ3) is 3.36. The molecular formula is C16H19NO3S. The summed E-state index contributed by atoms with van der Waals surface area (Å²) < 4.78 is 33.0. The predicted molar refractivity (Wildman–Crippen MR) is 84.5 cm³/mol. The van der Waals surface area contributed by atoms with Gasteiger partial charge in [-0.1, -0.05) is 18.2 Å². The Bertz CT molecular complexity index is 767. The summed E-state index contributed by atoms with van der Waals surface area (Å²) >= 11 is 0. The first kappa shape index (κ1) is 15.4. The van der Waals surface area contributed by atoms with E-state index in [-0.39, 0.29) is 4.90 Å². The summed E-state index contributed by atoms with van der Waals surface area (Å²) in [6.07, 6.45) is 0. The van der Waals surface area contributed by atoms with Crippen molar-refractivity contribution >= 4 is 15.7 Å². The van der Waals surface area contributed by atoms with Crippen LogP contribution in [0.2, 0.25) is 0 Å². The highest BCUT2D eigenvalue weighted by Crippen LogP contribution is 2.28. The third-order valence-electron chi connectivity index (χ3n) is 3.23. The van der Waals surface area contributed by atoms with Gasteiger partial charge in [0.15, 0.2) is 0 Å². The Labute approximate surface area is 125 Å². The minimum absolute atomic E-state index is 0.283. The molecule has 5 heteroatoms. The molecule has 0 aliphatic carbocycles. The molecule has 1 N–H and O–H groups in total. The molecule has 0 aromatic heterocycles. The van der Waals surface area contributed by atoms with Gasteiger partial charge in [0, 0.05) is 0 Å². The minimum atomic E-state index is -3.64. The van der Waals surface area contributed by atoms with Gasteiger partial charge in [-0.05, 0) is 55.7 Å². The first-order chi connectivity index (χ1) is 9.83. The van der Waals surface area contributed by atoms with Crippen LogP contribution in [0.1, 0.15) is 16.7 Å². The Morgan fingerprint density at radius 2 is 1.57 bits per heavy atom. The Morgan fingerprint density at radius 3 is 2.24 bits per heavy atom. The summed E-state index contributed by atoms with van der Waals surface area (Å²) in [6.45, 7) is 5.57. The van der Waals surface area contributed by atoms with E-state index in [2.05, 4.69) is 4.72 Å². The lowest BCUT2D eigenvalue weighted by atomic mass is 10.2. The highest BCUT2D eigenvalue weighted by Gasteiger charge is 2.19. The molecule has 0 aliphatic rings. The van der Waals surface area contributed by atoms with E-state index in [1.165, 1.54) is 7.11 Å². The SMILES string of the molecule is COc1cc(C)ccc1NS(=O)(=O)c1cc(C)ccc1C.